The SMILES string of the molecule is CC.CCCOc1ccccc1N1C(=O)CC(N(O)c2ccccc2)C1=O. The molecule has 1 aliphatic heterocycles. The van der Waals surface area contributed by atoms with E-state index in [1.807, 2.05) is 26.8 Å². The van der Waals surface area contributed by atoms with Crippen LogP contribution >= 0.6 is 0 Å². The highest BCUT2D eigenvalue weighted by Crippen LogP contribution is 2.34. The zero-order chi connectivity index (χ0) is 19.8. The summed E-state index contributed by atoms with van der Waals surface area (Å²) in [7, 11) is 0. The summed E-state index contributed by atoms with van der Waals surface area (Å²) in [6.45, 7) is 6.47. The Morgan fingerprint density at radius 1 is 1.07 bits per heavy atom. The number of anilines is 2. The van der Waals surface area contributed by atoms with E-state index in [0.29, 0.717) is 23.7 Å². The van der Waals surface area contributed by atoms with E-state index in [4.69, 9.17) is 4.74 Å². The summed E-state index contributed by atoms with van der Waals surface area (Å²) in [6, 6.07) is 14.7. The van der Waals surface area contributed by atoms with Gasteiger partial charge in [0.15, 0.2) is 0 Å². The van der Waals surface area contributed by atoms with E-state index in [1.165, 1.54) is 0 Å². The van der Waals surface area contributed by atoms with Gasteiger partial charge in [-0.2, -0.15) is 0 Å². The van der Waals surface area contributed by atoms with Gasteiger partial charge in [-0.25, -0.2) is 9.96 Å². The second-order valence-electron chi connectivity index (χ2n) is 5.78. The predicted molar refractivity (Wildman–Crippen MR) is 105 cm³/mol. The summed E-state index contributed by atoms with van der Waals surface area (Å²) < 4.78 is 5.65. The summed E-state index contributed by atoms with van der Waals surface area (Å²) in [6.07, 6.45) is 0.726. The molecule has 2 aromatic carbocycles. The van der Waals surface area contributed by atoms with E-state index in [9.17, 15) is 14.8 Å². The zero-order valence-electron chi connectivity index (χ0n) is 16.0. The maximum absolute atomic E-state index is 12.8. The lowest BCUT2D eigenvalue weighted by Gasteiger charge is -2.23. The first-order chi connectivity index (χ1) is 13.1. The molecule has 0 aromatic heterocycles. The third-order valence-corrected chi connectivity index (χ3v) is 4.01. The van der Waals surface area contributed by atoms with Gasteiger partial charge < -0.3 is 4.74 Å². The highest BCUT2D eigenvalue weighted by atomic mass is 16.5. The average molecular weight is 370 g/mol. The van der Waals surface area contributed by atoms with Gasteiger partial charge >= 0.3 is 0 Å². The largest absolute Gasteiger partial charge is 0.491 e. The van der Waals surface area contributed by atoms with E-state index in [2.05, 4.69) is 0 Å². The molecule has 2 amide bonds. The molecule has 0 radical (unpaired) electrons. The topological polar surface area (TPSA) is 70.1 Å². The number of ether oxygens (including phenoxy) is 1. The molecule has 27 heavy (non-hydrogen) atoms. The van der Waals surface area contributed by atoms with Crippen LogP contribution in [0.15, 0.2) is 54.6 Å². The Balaban J connectivity index is 0.00000126. The van der Waals surface area contributed by atoms with Gasteiger partial charge in [-0.05, 0) is 30.7 Å². The Labute approximate surface area is 159 Å². The van der Waals surface area contributed by atoms with Crippen molar-refractivity contribution in [1.82, 2.24) is 0 Å². The van der Waals surface area contributed by atoms with Crippen molar-refractivity contribution in [2.45, 2.75) is 39.7 Å². The molecule has 1 fully saturated rings. The van der Waals surface area contributed by atoms with Crippen molar-refractivity contribution in [2.24, 2.45) is 0 Å². The van der Waals surface area contributed by atoms with Gasteiger partial charge in [0.05, 0.1) is 24.4 Å². The van der Waals surface area contributed by atoms with Crippen molar-refractivity contribution in [1.29, 1.82) is 0 Å². The summed E-state index contributed by atoms with van der Waals surface area (Å²) in [4.78, 5) is 26.4. The monoisotopic (exact) mass is 370 g/mol. The highest BCUT2D eigenvalue weighted by Gasteiger charge is 2.44. The lowest BCUT2D eigenvalue weighted by atomic mass is 10.2. The maximum Gasteiger partial charge on any atom is 0.259 e. The first-order valence-electron chi connectivity index (χ1n) is 9.25. The van der Waals surface area contributed by atoms with Crippen LogP contribution in [-0.2, 0) is 9.59 Å². The minimum atomic E-state index is -0.950. The van der Waals surface area contributed by atoms with Crippen molar-refractivity contribution < 1.29 is 19.5 Å². The Hall–Kier alpha value is -2.86. The number of hydrogen-bond acceptors (Lipinski definition) is 5. The second-order valence-corrected chi connectivity index (χ2v) is 5.78. The van der Waals surface area contributed by atoms with Crippen LogP contribution in [0.3, 0.4) is 0 Å². The fourth-order valence-electron chi connectivity index (χ4n) is 2.80. The number of hydrogen-bond donors (Lipinski definition) is 1. The van der Waals surface area contributed by atoms with Crippen molar-refractivity contribution in [3.8, 4) is 5.75 Å². The third kappa shape index (κ3) is 4.46. The molecule has 1 N–H and O–H groups in total. The molecule has 6 heteroatoms. The molecule has 1 unspecified atom stereocenters. The summed E-state index contributed by atoms with van der Waals surface area (Å²) in [5, 5.41) is 11.2. The quantitative estimate of drug-likeness (QED) is 0.614. The molecule has 144 valence electrons. The number of carbonyl (C=O) groups excluding carboxylic acids is 2. The van der Waals surface area contributed by atoms with E-state index in [1.54, 1.807) is 48.5 Å². The van der Waals surface area contributed by atoms with Crippen LogP contribution in [0.2, 0.25) is 0 Å². The van der Waals surface area contributed by atoms with Gasteiger partial charge in [-0.15, -0.1) is 0 Å². The lowest BCUT2D eigenvalue weighted by Crippen LogP contribution is -2.40. The van der Waals surface area contributed by atoms with Gasteiger partial charge in [-0.1, -0.05) is 51.1 Å². The normalized spacial score (nSPS) is 16.0. The molecular weight excluding hydrogens is 344 g/mol. The zero-order valence-corrected chi connectivity index (χ0v) is 16.0. The number of hydroxylamine groups is 1. The molecule has 2 aromatic rings. The Kier molecular flexibility index (Phi) is 7.37. The number of nitrogens with zero attached hydrogens (tertiary/aromatic N) is 2. The van der Waals surface area contributed by atoms with Crippen molar-refractivity contribution in [3.63, 3.8) is 0 Å². The molecule has 1 saturated heterocycles. The first kappa shape index (κ1) is 20.5. The lowest BCUT2D eigenvalue weighted by molar-refractivity contribution is -0.121. The third-order valence-electron chi connectivity index (χ3n) is 4.01. The summed E-state index contributed by atoms with van der Waals surface area (Å²) >= 11 is 0. The van der Waals surface area contributed by atoms with Crippen molar-refractivity contribution >= 4 is 23.2 Å². The predicted octanol–water partition coefficient (Wildman–Crippen LogP) is 4.03. The average Bonchev–Trinajstić information content (AvgIpc) is 3.02. The maximum atomic E-state index is 12.8. The van der Waals surface area contributed by atoms with Crippen LogP contribution in [0.25, 0.3) is 0 Å². The molecule has 1 atom stereocenters. The van der Waals surface area contributed by atoms with Crippen LogP contribution in [0, 0.1) is 0 Å². The number of imide groups is 1. The van der Waals surface area contributed by atoms with E-state index < -0.39 is 11.9 Å². The minimum Gasteiger partial charge on any atom is -0.491 e. The van der Waals surface area contributed by atoms with E-state index >= 15 is 0 Å². The second kappa shape index (κ2) is 9.73. The van der Waals surface area contributed by atoms with Crippen LogP contribution < -0.4 is 14.7 Å². The smallest absolute Gasteiger partial charge is 0.259 e. The number of para-hydroxylation sites is 3. The highest BCUT2D eigenvalue weighted by molar-refractivity contribution is 6.23. The van der Waals surface area contributed by atoms with E-state index in [0.717, 1.165) is 16.4 Å². The molecule has 0 saturated carbocycles. The minimum absolute atomic E-state index is 0.0909. The fourth-order valence-corrected chi connectivity index (χ4v) is 2.80. The first-order valence-corrected chi connectivity index (χ1v) is 9.25. The van der Waals surface area contributed by atoms with Gasteiger partial charge in [0.1, 0.15) is 11.8 Å². The molecular formula is C21H26N2O4. The number of carbonyl (C=O) groups is 2. The molecule has 1 heterocycles. The van der Waals surface area contributed by atoms with Gasteiger partial charge in [-0.3, -0.25) is 14.8 Å². The number of rotatable bonds is 6. The Morgan fingerprint density at radius 2 is 1.70 bits per heavy atom. The van der Waals surface area contributed by atoms with Crippen LogP contribution in [0.1, 0.15) is 33.6 Å². The number of benzene rings is 2. The summed E-state index contributed by atoms with van der Waals surface area (Å²) in [5.74, 6) is -0.350. The Morgan fingerprint density at radius 3 is 2.37 bits per heavy atom. The standard InChI is InChI=1S/C19H20N2O4.C2H6/c1-2-12-25-17-11-7-6-10-15(17)20-18(22)13-16(19(20)23)21(24)14-8-4-3-5-9-14;1-2/h3-11,16,24H,2,12-13H2,1H3;1-2H3. The van der Waals surface area contributed by atoms with Crippen LogP contribution in [-0.4, -0.2) is 29.7 Å². The van der Waals surface area contributed by atoms with Crippen molar-refractivity contribution in [3.05, 3.63) is 54.6 Å². The Bertz CT molecular complexity index is 764. The molecule has 1 aliphatic rings. The van der Waals surface area contributed by atoms with Crippen LogP contribution in [0.5, 0.6) is 5.75 Å². The summed E-state index contributed by atoms with van der Waals surface area (Å²) in [5.41, 5.74) is 0.876. The molecule has 0 bridgehead atoms. The van der Waals surface area contributed by atoms with Crippen LogP contribution in [0.4, 0.5) is 11.4 Å². The van der Waals surface area contributed by atoms with Gasteiger partial charge in [0.2, 0.25) is 5.91 Å². The molecule has 0 aliphatic carbocycles. The van der Waals surface area contributed by atoms with Gasteiger partial charge in [0, 0.05) is 0 Å². The molecule has 0 spiro atoms. The molecule has 3 rings (SSSR count). The van der Waals surface area contributed by atoms with Crippen molar-refractivity contribution in [2.75, 3.05) is 16.6 Å². The fraction of sp³-hybridized carbons (Fsp3) is 0.333. The van der Waals surface area contributed by atoms with Gasteiger partial charge in [0.25, 0.3) is 5.91 Å². The number of amides is 2. The van der Waals surface area contributed by atoms with E-state index in [-0.39, 0.29) is 12.3 Å². The molecule has 6 nitrogen and oxygen atoms in total.